The van der Waals surface area contributed by atoms with E-state index in [-0.39, 0.29) is 17.5 Å². The topological polar surface area (TPSA) is 43.8 Å². The predicted octanol–water partition coefficient (Wildman–Crippen LogP) is 2.29. The van der Waals surface area contributed by atoms with E-state index in [2.05, 4.69) is 37.9 Å². The van der Waals surface area contributed by atoms with Gasteiger partial charge in [0, 0.05) is 18.1 Å². The van der Waals surface area contributed by atoms with Crippen LogP contribution in [0.15, 0.2) is 0 Å². The highest BCUT2D eigenvalue weighted by atomic mass is 16.4. The van der Waals surface area contributed by atoms with Gasteiger partial charge in [-0.1, -0.05) is 6.92 Å². The van der Waals surface area contributed by atoms with Crippen molar-refractivity contribution in [1.82, 2.24) is 9.80 Å². The molecule has 0 aromatic rings. The SMILES string of the molecule is CC1CCC(C(=O)O)C(N(C)CC2(N(C)C)CCC2)C1. The summed E-state index contributed by atoms with van der Waals surface area (Å²) in [5.74, 6) is -0.147. The molecule has 0 radical (unpaired) electrons. The maximum atomic E-state index is 11.5. The maximum Gasteiger partial charge on any atom is 0.308 e. The van der Waals surface area contributed by atoms with Crippen LogP contribution in [0.4, 0.5) is 0 Å². The van der Waals surface area contributed by atoms with Gasteiger partial charge in [0.25, 0.3) is 0 Å². The molecule has 0 bridgehead atoms. The standard InChI is InChI=1S/C16H30N2O2/c1-12-6-7-13(15(19)20)14(10-12)18(4)11-16(17(2)3)8-5-9-16/h12-14H,5-11H2,1-4H3,(H,19,20). The van der Waals surface area contributed by atoms with Crippen LogP contribution in [0.5, 0.6) is 0 Å². The van der Waals surface area contributed by atoms with Gasteiger partial charge in [-0.05, 0) is 65.6 Å². The number of hydrogen-bond acceptors (Lipinski definition) is 3. The van der Waals surface area contributed by atoms with Crippen molar-refractivity contribution in [3.8, 4) is 0 Å². The van der Waals surface area contributed by atoms with E-state index in [0.717, 1.165) is 25.8 Å². The zero-order chi connectivity index (χ0) is 14.9. The highest BCUT2D eigenvalue weighted by molar-refractivity contribution is 5.71. The van der Waals surface area contributed by atoms with E-state index in [9.17, 15) is 9.90 Å². The average Bonchev–Trinajstić information content (AvgIpc) is 2.32. The molecule has 2 fully saturated rings. The van der Waals surface area contributed by atoms with Gasteiger partial charge < -0.3 is 14.9 Å². The van der Waals surface area contributed by atoms with Crippen LogP contribution in [-0.4, -0.2) is 60.1 Å². The van der Waals surface area contributed by atoms with Crippen molar-refractivity contribution in [2.75, 3.05) is 27.7 Å². The van der Waals surface area contributed by atoms with Crippen LogP contribution < -0.4 is 0 Å². The summed E-state index contributed by atoms with van der Waals surface area (Å²) >= 11 is 0. The molecule has 0 aromatic carbocycles. The van der Waals surface area contributed by atoms with Crippen LogP contribution >= 0.6 is 0 Å². The van der Waals surface area contributed by atoms with Crippen molar-refractivity contribution < 1.29 is 9.90 Å². The van der Waals surface area contributed by atoms with E-state index < -0.39 is 5.97 Å². The molecule has 3 atom stereocenters. The molecule has 0 saturated heterocycles. The smallest absolute Gasteiger partial charge is 0.308 e. The second kappa shape index (κ2) is 6.02. The molecule has 2 aliphatic rings. The second-order valence-corrected chi connectivity index (χ2v) is 7.32. The van der Waals surface area contributed by atoms with Gasteiger partial charge in [-0.3, -0.25) is 4.79 Å². The number of carboxylic acids is 1. The summed E-state index contributed by atoms with van der Waals surface area (Å²) in [5, 5.41) is 9.49. The molecule has 0 amide bonds. The third-order valence-corrected chi connectivity index (χ3v) is 5.74. The second-order valence-electron chi connectivity index (χ2n) is 7.32. The molecular weight excluding hydrogens is 252 g/mol. The molecule has 116 valence electrons. The lowest BCUT2D eigenvalue weighted by Crippen LogP contribution is -2.59. The first-order valence-corrected chi connectivity index (χ1v) is 7.96. The summed E-state index contributed by atoms with van der Waals surface area (Å²) in [6.45, 7) is 3.26. The molecule has 0 aliphatic heterocycles. The van der Waals surface area contributed by atoms with Gasteiger partial charge in [-0.25, -0.2) is 0 Å². The molecule has 1 N–H and O–H groups in total. The van der Waals surface area contributed by atoms with Crippen molar-refractivity contribution >= 4 is 5.97 Å². The fourth-order valence-electron chi connectivity index (χ4n) is 4.04. The van der Waals surface area contributed by atoms with E-state index in [4.69, 9.17) is 0 Å². The van der Waals surface area contributed by atoms with Crippen LogP contribution in [0.1, 0.15) is 45.4 Å². The lowest BCUT2D eigenvalue weighted by Gasteiger charge is -2.51. The Morgan fingerprint density at radius 3 is 2.35 bits per heavy atom. The van der Waals surface area contributed by atoms with Crippen LogP contribution in [0.25, 0.3) is 0 Å². The summed E-state index contributed by atoms with van der Waals surface area (Å²) in [5.41, 5.74) is 0.276. The van der Waals surface area contributed by atoms with E-state index in [1.165, 1.54) is 19.3 Å². The van der Waals surface area contributed by atoms with Gasteiger partial charge in [0.2, 0.25) is 0 Å². The van der Waals surface area contributed by atoms with Crippen molar-refractivity contribution in [2.24, 2.45) is 11.8 Å². The van der Waals surface area contributed by atoms with E-state index >= 15 is 0 Å². The number of carbonyl (C=O) groups is 1. The minimum atomic E-state index is -0.610. The molecular formula is C16H30N2O2. The Kier molecular flexibility index (Phi) is 4.75. The number of carboxylic acid groups (broad SMARTS) is 1. The number of nitrogens with zero attached hydrogens (tertiary/aromatic N) is 2. The van der Waals surface area contributed by atoms with Gasteiger partial charge in [-0.15, -0.1) is 0 Å². The normalized spacial score (nSPS) is 33.2. The van der Waals surface area contributed by atoms with Crippen LogP contribution in [-0.2, 0) is 4.79 Å². The number of rotatable bonds is 5. The summed E-state index contributed by atoms with van der Waals surface area (Å²) in [6.07, 6.45) is 6.70. The molecule has 0 spiro atoms. The van der Waals surface area contributed by atoms with Crippen molar-refractivity contribution in [3.05, 3.63) is 0 Å². The fraction of sp³-hybridized carbons (Fsp3) is 0.938. The Morgan fingerprint density at radius 1 is 1.25 bits per heavy atom. The van der Waals surface area contributed by atoms with Gasteiger partial charge in [0.1, 0.15) is 0 Å². The lowest BCUT2D eigenvalue weighted by atomic mass is 9.73. The van der Waals surface area contributed by atoms with Crippen molar-refractivity contribution in [2.45, 2.75) is 57.0 Å². The first-order valence-electron chi connectivity index (χ1n) is 7.96. The summed E-state index contributed by atoms with van der Waals surface area (Å²) < 4.78 is 0. The quantitative estimate of drug-likeness (QED) is 0.840. The number of hydrogen-bond donors (Lipinski definition) is 1. The lowest BCUT2D eigenvalue weighted by molar-refractivity contribution is -0.146. The van der Waals surface area contributed by atoms with Gasteiger partial charge in [-0.2, -0.15) is 0 Å². The summed E-state index contributed by atoms with van der Waals surface area (Å²) in [4.78, 5) is 16.2. The molecule has 2 rings (SSSR count). The molecule has 0 heterocycles. The summed E-state index contributed by atoms with van der Waals surface area (Å²) in [7, 11) is 6.44. The molecule has 3 unspecified atom stereocenters. The molecule has 2 aliphatic carbocycles. The van der Waals surface area contributed by atoms with Crippen molar-refractivity contribution in [3.63, 3.8) is 0 Å². The Bertz CT molecular complexity index is 352. The largest absolute Gasteiger partial charge is 0.481 e. The zero-order valence-electron chi connectivity index (χ0n) is 13.4. The van der Waals surface area contributed by atoms with E-state index in [0.29, 0.717) is 5.92 Å². The third-order valence-electron chi connectivity index (χ3n) is 5.74. The van der Waals surface area contributed by atoms with Gasteiger partial charge in [0.15, 0.2) is 0 Å². The zero-order valence-corrected chi connectivity index (χ0v) is 13.4. The Morgan fingerprint density at radius 2 is 1.90 bits per heavy atom. The molecule has 4 heteroatoms. The highest BCUT2D eigenvalue weighted by Crippen LogP contribution is 2.39. The van der Waals surface area contributed by atoms with Crippen molar-refractivity contribution in [1.29, 1.82) is 0 Å². The van der Waals surface area contributed by atoms with E-state index in [1.54, 1.807) is 0 Å². The number of likely N-dealkylation sites (N-methyl/N-ethyl adjacent to an activating group) is 2. The number of aliphatic carboxylic acids is 1. The molecule has 2 saturated carbocycles. The van der Waals surface area contributed by atoms with Gasteiger partial charge >= 0.3 is 5.97 Å². The first-order chi connectivity index (χ1) is 9.35. The average molecular weight is 282 g/mol. The molecule has 20 heavy (non-hydrogen) atoms. The fourth-order valence-corrected chi connectivity index (χ4v) is 4.04. The molecule has 0 aromatic heterocycles. The highest BCUT2D eigenvalue weighted by Gasteiger charge is 2.43. The predicted molar refractivity (Wildman–Crippen MR) is 80.8 cm³/mol. The van der Waals surface area contributed by atoms with Crippen LogP contribution in [0, 0.1) is 11.8 Å². The van der Waals surface area contributed by atoms with Crippen LogP contribution in [0.2, 0.25) is 0 Å². The molecule has 4 nitrogen and oxygen atoms in total. The Balaban J connectivity index is 2.05. The van der Waals surface area contributed by atoms with Gasteiger partial charge in [0.05, 0.1) is 5.92 Å². The Labute approximate surface area is 123 Å². The monoisotopic (exact) mass is 282 g/mol. The minimum Gasteiger partial charge on any atom is -0.481 e. The van der Waals surface area contributed by atoms with E-state index in [1.807, 2.05) is 0 Å². The third kappa shape index (κ3) is 3.01. The summed E-state index contributed by atoms with van der Waals surface area (Å²) in [6, 6.07) is 0.202. The minimum absolute atomic E-state index is 0.185. The first kappa shape index (κ1) is 15.8. The Hall–Kier alpha value is -0.610. The maximum absolute atomic E-state index is 11.5. The van der Waals surface area contributed by atoms with Crippen LogP contribution in [0.3, 0.4) is 0 Å².